The van der Waals surface area contributed by atoms with E-state index in [1.165, 1.54) is 62.5 Å². The van der Waals surface area contributed by atoms with Crippen molar-refractivity contribution >= 4 is 0 Å². The Kier molecular flexibility index (Phi) is 7.73. The summed E-state index contributed by atoms with van der Waals surface area (Å²) in [6.45, 7) is 0.489. The van der Waals surface area contributed by atoms with Crippen LogP contribution < -0.4 is 0 Å². The molecule has 144 valence electrons. The number of rotatable bonds is 7. The molecule has 0 unspecified atom stereocenters. The highest BCUT2D eigenvalue weighted by molar-refractivity contribution is 5.25. The van der Waals surface area contributed by atoms with Crippen LogP contribution in [-0.2, 0) is 11.3 Å². The van der Waals surface area contributed by atoms with Crippen LogP contribution in [0.5, 0.6) is 0 Å². The molecule has 3 rings (SSSR count). The van der Waals surface area contributed by atoms with Gasteiger partial charge in [0.05, 0.1) is 13.3 Å². The maximum absolute atomic E-state index is 12.2. The van der Waals surface area contributed by atoms with Crippen LogP contribution in [0.3, 0.4) is 0 Å². The molecule has 0 atom stereocenters. The van der Waals surface area contributed by atoms with Gasteiger partial charge in [0, 0.05) is 7.11 Å². The van der Waals surface area contributed by atoms with E-state index in [1.54, 1.807) is 7.11 Å². The van der Waals surface area contributed by atoms with Crippen molar-refractivity contribution in [2.45, 2.75) is 70.3 Å². The number of hydrogen-bond acceptors (Lipinski definition) is 1. The summed E-state index contributed by atoms with van der Waals surface area (Å²) in [5, 5.41) is 0. The lowest BCUT2D eigenvalue weighted by Crippen LogP contribution is -2.25. The number of benzene rings is 1. The third kappa shape index (κ3) is 5.42. The summed E-state index contributed by atoms with van der Waals surface area (Å²) in [5.41, 5.74) is 2.78. The lowest BCUT2D eigenvalue weighted by atomic mass is 9.68. The molecule has 0 amide bonds. The van der Waals surface area contributed by atoms with E-state index in [9.17, 15) is 4.39 Å². The van der Waals surface area contributed by atoms with Gasteiger partial charge in [-0.2, -0.15) is 0 Å². The van der Waals surface area contributed by atoms with Crippen molar-refractivity contribution in [3.05, 3.63) is 47.5 Å². The lowest BCUT2D eigenvalue weighted by Gasteiger charge is -2.37. The molecule has 1 aromatic carbocycles. The summed E-state index contributed by atoms with van der Waals surface area (Å²) in [6, 6.07) is 9.08. The van der Waals surface area contributed by atoms with E-state index in [2.05, 4.69) is 30.3 Å². The molecule has 1 aromatic rings. The topological polar surface area (TPSA) is 9.23 Å². The van der Waals surface area contributed by atoms with E-state index < -0.39 is 0 Å². The van der Waals surface area contributed by atoms with Crippen LogP contribution in [-0.4, -0.2) is 13.8 Å². The summed E-state index contributed by atoms with van der Waals surface area (Å²) in [4.78, 5) is 0. The SMILES string of the molecule is COCc1ccc(C2CCC([C@H]3CC[C@H](/C=C/CCF)CC3)CC2)cc1. The third-order valence-electron chi connectivity index (χ3n) is 6.70. The quantitative estimate of drug-likeness (QED) is 0.485. The lowest BCUT2D eigenvalue weighted by molar-refractivity contribution is 0.171. The first-order valence-corrected chi connectivity index (χ1v) is 10.6. The molecule has 26 heavy (non-hydrogen) atoms. The van der Waals surface area contributed by atoms with Crippen molar-refractivity contribution in [2.24, 2.45) is 17.8 Å². The van der Waals surface area contributed by atoms with E-state index in [4.69, 9.17) is 4.74 Å². The van der Waals surface area contributed by atoms with Gasteiger partial charge < -0.3 is 4.74 Å². The number of hydrogen-bond donors (Lipinski definition) is 0. The van der Waals surface area contributed by atoms with Crippen LogP contribution in [0.1, 0.15) is 74.8 Å². The van der Waals surface area contributed by atoms with Crippen molar-refractivity contribution in [1.29, 1.82) is 0 Å². The highest BCUT2D eigenvalue weighted by Gasteiger charge is 2.30. The van der Waals surface area contributed by atoms with Crippen molar-refractivity contribution in [2.75, 3.05) is 13.8 Å². The molecule has 0 aliphatic heterocycles. The largest absolute Gasteiger partial charge is 0.380 e. The van der Waals surface area contributed by atoms with Crippen molar-refractivity contribution in [3.8, 4) is 0 Å². The van der Waals surface area contributed by atoms with Crippen molar-refractivity contribution < 1.29 is 9.13 Å². The Hall–Kier alpha value is -1.15. The van der Waals surface area contributed by atoms with Gasteiger partial charge in [-0.3, -0.25) is 4.39 Å². The van der Waals surface area contributed by atoms with Crippen LogP contribution in [0.4, 0.5) is 4.39 Å². The second-order valence-corrected chi connectivity index (χ2v) is 8.37. The average Bonchev–Trinajstić information content (AvgIpc) is 2.70. The highest BCUT2D eigenvalue weighted by Crippen LogP contribution is 2.44. The predicted molar refractivity (Wildman–Crippen MR) is 107 cm³/mol. The minimum absolute atomic E-state index is 0.218. The van der Waals surface area contributed by atoms with Crippen LogP contribution in [0, 0.1) is 17.8 Å². The summed E-state index contributed by atoms with van der Waals surface area (Å²) in [5.74, 6) is 3.34. The van der Waals surface area contributed by atoms with E-state index in [1.807, 2.05) is 6.08 Å². The van der Waals surface area contributed by atoms with Gasteiger partial charge in [0.25, 0.3) is 0 Å². The summed E-state index contributed by atoms with van der Waals surface area (Å²) >= 11 is 0. The number of ether oxygens (including phenoxy) is 1. The number of methoxy groups -OCH3 is 1. The molecule has 2 aliphatic rings. The molecule has 1 nitrogen and oxygen atoms in total. The minimum atomic E-state index is -0.218. The molecule has 2 heteroatoms. The Balaban J connectivity index is 1.42. The Morgan fingerprint density at radius 1 is 0.923 bits per heavy atom. The number of allylic oxidation sites excluding steroid dienone is 2. The molecule has 0 heterocycles. The van der Waals surface area contributed by atoms with Gasteiger partial charge in [-0.15, -0.1) is 0 Å². The van der Waals surface area contributed by atoms with Gasteiger partial charge in [0.15, 0.2) is 0 Å². The fourth-order valence-electron chi connectivity index (χ4n) is 5.14. The molecule has 2 aliphatic carbocycles. The zero-order valence-electron chi connectivity index (χ0n) is 16.3. The number of alkyl halides is 1. The van der Waals surface area contributed by atoms with Gasteiger partial charge in [-0.05, 0) is 92.6 Å². The first-order valence-electron chi connectivity index (χ1n) is 10.6. The van der Waals surface area contributed by atoms with Crippen LogP contribution in [0.25, 0.3) is 0 Å². The molecule has 0 saturated heterocycles. The summed E-state index contributed by atoms with van der Waals surface area (Å²) in [6.07, 6.45) is 15.8. The van der Waals surface area contributed by atoms with Crippen molar-refractivity contribution in [1.82, 2.24) is 0 Å². The Bertz CT molecular complexity index is 534. The van der Waals surface area contributed by atoms with Gasteiger partial charge in [0.2, 0.25) is 0 Å². The minimum Gasteiger partial charge on any atom is -0.380 e. The Morgan fingerprint density at radius 2 is 1.54 bits per heavy atom. The monoisotopic (exact) mass is 358 g/mol. The normalized spacial score (nSPS) is 29.9. The molecule has 0 spiro atoms. The highest BCUT2D eigenvalue weighted by atomic mass is 19.1. The van der Waals surface area contributed by atoms with Crippen molar-refractivity contribution in [3.63, 3.8) is 0 Å². The van der Waals surface area contributed by atoms with Crippen LogP contribution in [0.15, 0.2) is 36.4 Å². The van der Waals surface area contributed by atoms with Crippen LogP contribution >= 0.6 is 0 Å². The van der Waals surface area contributed by atoms with E-state index in [-0.39, 0.29) is 6.67 Å². The van der Waals surface area contributed by atoms with Gasteiger partial charge >= 0.3 is 0 Å². The summed E-state index contributed by atoms with van der Waals surface area (Å²) in [7, 11) is 1.75. The maximum atomic E-state index is 12.2. The second-order valence-electron chi connectivity index (χ2n) is 8.37. The zero-order valence-corrected chi connectivity index (χ0v) is 16.3. The smallest absolute Gasteiger partial charge is 0.0928 e. The fourth-order valence-corrected chi connectivity index (χ4v) is 5.14. The predicted octanol–water partition coefficient (Wildman–Crippen LogP) is 6.83. The molecule has 0 radical (unpaired) electrons. The van der Waals surface area contributed by atoms with Gasteiger partial charge in [-0.1, -0.05) is 36.4 Å². The summed E-state index contributed by atoms with van der Waals surface area (Å²) < 4.78 is 17.4. The zero-order chi connectivity index (χ0) is 18.2. The molecule has 0 bridgehead atoms. The Morgan fingerprint density at radius 3 is 2.12 bits per heavy atom. The molecular weight excluding hydrogens is 323 g/mol. The first kappa shape index (κ1) is 19.6. The number of halogens is 1. The van der Waals surface area contributed by atoms with E-state index in [0.717, 1.165) is 17.8 Å². The average molecular weight is 359 g/mol. The molecular formula is C24H35FO. The molecule has 2 fully saturated rings. The van der Waals surface area contributed by atoms with Gasteiger partial charge in [0.1, 0.15) is 0 Å². The van der Waals surface area contributed by atoms with E-state index in [0.29, 0.717) is 18.9 Å². The van der Waals surface area contributed by atoms with Crippen LogP contribution in [0.2, 0.25) is 0 Å². The first-order chi connectivity index (χ1) is 12.8. The second kappa shape index (κ2) is 10.3. The molecule has 0 N–H and O–H groups in total. The maximum Gasteiger partial charge on any atom is 0.0928 e. The standard InChI is InChI=1S/C24H35FO/c1-26-18-20-7-11-22(12-8-20)24-15-13-23(14-16-24)21-9-5-19(6-10-21)4-2-3-17-25/h2,4,7-8,11-12,19,21,23-24H,3,5-6,9-10,13-18H2,1H3/b4-2+/t19-,21-,23?,24?. The fraction of sp³-hybridized carbons (Fsp3) is 0.667. The molecule has 0 aromatic heterocycles. The molecule has 2 saturated carbocycles. The Labute approximate surface area is 159 Å². The van der Waals surface area contributed by atoms with E-state index >= 15 is 0 Å². The third-order valence-corrected chi connectivity index (χ3v) is 6.70. The van der Waals surface area contributed by atoms with Gasteiger partial charge in [-0.25, -0.2) is 0 Å².